The van der Waals surface area contributed by atoms with Crippen molar-refractivity contribution >= 4 is 43.5 Å². The predicted octanol–water partition coefficient (Wildman–Crippen LogP) is 4.08. The van der Waals surface area contributed by atoms with Crippen LogP contribution < -0.4 is 9.62 Å². The number of anilines is 1. The van der Waals surface area contributed by atoms with Crippen LogP contribution in [0, 0.1) is 0 Å². The highest BCUT2D eigenvalue weighted by molar-refractivity contribution is 9.10. The monoisotopic (exact) mass is 549 g/mol. The third kappa shape index (κ3) is 7.06. The molecule has 0 heterocycles. The number of carbonyl (C=O) groups is 2. The van der Waals surface area contributed by atoms with E-state index < -0.39 is 28.5 Å². The number of amides is 2. The van der Waals surface area contributed by atoms with Crippen molar-refractivity contribution in [2.45, 2.75) is 57.7 Å². The molecule has 0 radical (unpaired) electrons. The Balaban J connectivity index is 1.85. The first-order valence-corrected chi connectivity index (χ1v) is 14.2. The van der Waals surface area contributed by atoms with E-state index in [0.29, 0.717) is 10.2 Å². The van der Waals surface area contributed by atoms with Crippen molar-refractivity contribution in [2.24, 2.45) is 0 Å². The maximum absolute atomic E-state index is 13.6. The van der Waals surface area contributed by atoms with E-state index in [9.17, 15) is 18.0 Å². The van der Waals surface area contributed by atoms with Gasteiger partial charge in [-0.05, 0) is 53.4 Å². The molecule has 7 nitrogen and oxygen atoms in total. The van der Waals surface area contributed by atoms with Crippen LogP contribution in [0.25, 0.3) is 0 Å². The minimum atomic E-state index is -3.76. The first-order valence-electron chi connectivity index (χ1n) is 11.5. The maximum Gasteiger partial charge on any atom is 0.244 e. The number of rotatable bonds is 9. The quantitative estimate of drug-likeness (QED) is 0.510. The maximum atomic E-state index is 13.6. The first-order chi connectivity index (χ1) is 16.2. The summed E-state index contributed by atoms with van der Waals surface area (Å²) in [5, 5.41) is 3.09. The van der Waals surface area contributed by atoms with Crippen LogP contribution >= 0.6 is 15.9 Å². The average Bonchev–Trinajstić information content (AvgIpc) is 2.81. The Kier molecular flexibility index (Phi) is 9.13. The van der Waals surface area contributed by atoms with E-state index in [1.54, 1.807) is 31.2 Å². The summed E-state index contributed by atoms with van der Waals surface area (Å²) in [5.41, 5.74) is 1.23. The standard InChI is InChI=1S/C25H32BrN3O4S/c1-19(25(31)27-21-13-7-4-8-14-21)28(17-20-11-5-3-6-12-20)24(30)18-29(34(2,32)33)23-16-10-9-15-22(23)26/h3,5-6,9-12,15-16,19,21H,4,7-8,13-14,17-18H2,1-2H3,(H,27,31)/t19-/m1/s1. The molecule has 2 aromatic rings. The Morgan fingerprint density at radius 3 is 2.26 bits per heavy atom. The van der Waals surface area contributed by atoms with E-state index >= 15 is 0 Å². The molecule has 34 heavy (non-hydrogen) atoms. The fourth-order valence-electron chi connectivity index (χ4n) is 4.18. The summed E-state index contributed by atoms with van der Waals surface area (Å²) >= 11 is 3.38. The van der Waals surface area contributed by atoms with Gasteiger partial charge in [-0.1, -0.05) is 61.7 Å². The van der Waals surface area contributed by atoms with Gasteiger partial charge in [0.25, 0.3) is 0 Å². The number of benzene rings is 2. The van der Waals surface area contributed by atoms with Crippen molar-refractivity contribution in [3.63, 3.8) is 0 Å². The molecule has 1 aliphatic rings. The number of sulfonamides is 1. The van der Waals surface area contributed by atoms with Crippen LogP contribution in [0.1, 0.15) is 44.6 Å². The van der Waals surface area contributed by atoms with Crippen LogP contribution in [0.4, 0.5) is 5.69 Å². The molecule has 1 N–H and O–H groups in total. The summed E-state index contributed by atoms with van der Waals surface area (Å²) in [6, 6.07) is 15.6. The molecule has 2 aromatic carbocycles. The van der Waals surface area contributed by atoms with Crippen LogP contribution in [0.2, 0.25) is 0 Å². The molecule has 0 saturated heterocycles. The summed E-state index contributed by atoms with van der Waals surface area (Å²) in [4.78, 5) is 28.1. The normalized spacial score (nSPS) is 15.4. The SMILES string of the molecule is C[C@H](C(=O)NC1CCCCC1)N(Cc1ccccc1)C(=O)CN(c1ccccc1Br)S(C)(=O)=O. The molecule has 1 saturated carbocycles. The first kappa shape index (κ1) is 26.2. The van der Waals surface area contributed by atoms with Gasteiger partial charge < -0.3 is 10.2 Å². The minimum Gasteiger partial charge on any atom is -0.352 e. The molecule has 2 amide bonds. The molecule has 0 unspecified atom stereocenters. The van der Waals surface area contributed by atoms with E-state index in [4.69, 9.17) is 0 Å². The molecule has 0 spiro atoms. The third-order valence-electron chi connectivity index (χ3n) is 6.11. The van der Waals surface area contributed by atoms with Gasteiger partial charge in [-0.3, -0.25) is 13.9 Å². The Bertz CT molecular complexity index is 1090. The molecule has 0 bridgehead atoms. The molecule has 0 aliphatic heterocycles. The van der Waals surface area contributed by atoms with Gasteiger partial charge in [-0.25, -0.2) is 8.42 Å². The molecule has 0 aromatic heterocycles. The second-order valence-corrected chi connectivity index (χ2v) is 11.5. The zero-order valence-corrected chi connectivity index (χ0v) is 22.0. The number of hydrogen-bond acceptors (Lipinski definition) is 4. The Labute approximate surface area is 210 Å². The molecule has 1 fully saturated rings. The van der Waals surface area contributed by atoms with Crippen LogP contribution in [-0.4, -0.2) is 50.0 Å². The van der Waals surface area contributed by atoms with Gasteiger partial charge in [0.15, 0.2) is 0 Å². The molecule has 3 rings (SSSR count). The van der Waals surface area contributed by atoms with E-state index in [-0.39, 0.29) is 18.5 Å². The fourth-order valence-corrected chi connectivity index (χ4v) is 5.66. The summed E-state index contributed by atoms with van der Waals surface area (Å²) in [7, 11) is -3.76. The highest BCUT2D eigenvalue weighted by Crippen LogP contribution is 2.28. The van der Waals surface area contributed by atoms with E-state index in [0.717, 1.165) is 41.8 Å². The minimum absolute atomic E-state index is 0.116. The number of para-hydroxylation sites is 1. The molecular formula is C25H32BrN3O4S. The van der Waals surface area contributed by atoms with Crippen molar-refractivity contribution in [2.75, 3.05) is 17.1 Å². The topological polar surface area (TPSA) is 86.8 Å². The van der Waals surface area contributed by atoms with Crippen molar-refractivity contribution in [3.8, 4) is 0 Å². The van der Waals surface area contributed by atoms with Gasteiger partial charge in [0.1, 0.15) is 12.6 Å². The van der Waals surface area contributed by atoms with Crippen LogP contribution in [0.15, 0.2) is 59.1 Å². The van der Waals surface area contributed by atoms with E-state index in [1.807, 2.05) is 30.3 Å². The second kappa shape index (κ2) is 11.8. The lowest BCUT2D eigenvalue weighted by atomic mass is 9.95. The smallest absolute Gasteiger partial charge is 0.244 e. The van der Waals surface area contributed by atoms with Gasteiger partial charge in [-0.2, -0.15) is 0 Å². The van der Waals surface area contributed by atoms with Gasteiger partial charge >= 0.3 is 0 Å². The van der Waals surface area contributed by atoms with E-state index in [2.05, 4.69) is 21.2 Å². The highest BCUT2D eigenvalue weighted by atomic mass is 79.9. The summed E-state index contributed by atoms with van der Waals surface area (Å²) in [6.45, 7) is 1.49. The molecule has 1 atom stereocenters. The van der Waals surface area contributed by atoms with Gasteiger partial charge in [0.2, 0.25) is 21.8 Å². The number of carbonyl (C=O) groups excluding carboxylic acids is 2. The Morgan fingerprint density at radius 1 is 1.03 bits per heavy atom. The summed E-state index contributed by atoms with van der Waals surface area (Å²) < 4.78 is 26.9. The number of nitrogens with zero attached hydrogens (tertiary/aromatic N) is 2. The lowest BCUT2D eigenvalue weighted by Crippen LogP contribution is -2.53. The molecule has 184 valence electrons. The van der Waals surface area contributed by atoms with Crippen molar-refractivity contribution < 1.29 is 18.0 Å². The number of nitrogens with one attached hydrogen (secondary N) is 1. The van der Waals surface area contributed by atoms with Crippen molar-refractivity contribution in [1.29, 1.82) is 0 Å². The lowest BCUT2D eigenvalue weighted by Gasteiger charge is -2.33. The highest BCUT2D eigenvalue weighted by Gasteiger charge is 2.31. The van der Waals surface area contributed by atoms with Gasteiger partial charge in [-0.15, -0.1) is 0 Å². The molecule has 1 aliphatic carbocycles. The summed E-state index contributed by atoms with van der Waals surface area (Å²) in [6.07, 6.45) is 6.30. The van der Waals surface area contributed by atoms with Gasteiger partial charge in [0.05, 0.1) is 11.9 Å². The zero-order valence-electron chi connectivity index (χ0n) is 19.6. The lowest BCUT2D eigenvalue weighted by molar-refractivity contribution is -0.139. The Morgan fingerprint density at radius 2 is 1.65 bits per heavy atom. The predicted molar refractivity (Wildman–Crippen MR) is 138 cm³/mol. The average molecular weight is 551 g/mol. The van der Waals surface area contributed by atoms with Crippen molar-refractivity contribution in [3.05, 3.63) is 64.6 Å². The third-order valence-corrected chi connectivity index (χ3v) is 7.91. The Hall–Kier alpha value is -2.39. The van der Waals surface area contributed by atoms with Crippen LogP contribution in [0.3, 0.4) is 0 Å². The number of hydrogen-bond donors (Lipinski definition) is 1. The van der Waals surface area contributed by atoms with Crippen molar-refractivity contribution in [1.82, 2.24) is 10.2 Å². The fraction of sp³-hybridized carbons (Fsp3) is 0.440. The van der Waals surface area contributed by atoms with Gasteiger partial charge in [0, 0.05) is 17.1 Å². The molecular weight excluding hydrogens is 518 g/mol. The second-order valence-electron chi connectivity index (χ2n) is 8.75. The zero-order chi connectivity index (χ0) is 24.7. The largest absolute Gasteiger partial charge is 0.352 e. The number of halogens is 1. The van der Waals surface area contributed by atoms with Crippen LogP contribution in [-0.2, 0) is 26.2 Å². The molecule has 9 heteroatoms. The van der Waals surface area contributed by atoms with E-state index in [1.165, 1.54) is 11.3 Å². The summed E-state index contributed by atoms with van der Waals surface area (Å²) in [5.74, 6) is -0.667. The van der Waals surface area contributed by atoms with Crippen LogP contribution in [0.5, 0.6) is 0 Å².